The average molecular weight is 290 g/mol. The fraction of sp³-hybridized carbons (Fsp3) is 0.538. The van der Waals surface area contributed by atoms with Crippen molar-refractivity contribution < 1.29 is 9.32 Å². The second-order valence-electron chi connectivity index (χ2n) is 5.38. The molecule has 1 atom stereocenters. The molecule has 3 heterocycles. The quantitative estimate of drug-likeness (QED) is 0.851. The van der Waals surface area contributed by atoms with Gasteiger partial charge in [0.1, 0.15) is 5.69 Å². The van der Waals surface area contributed by atoms with Crippen molar-refractivity contribution in [1.29, 1.82) is 0 Å². The van der Waals surface area contributed by atoms with Gasteiger partial charge in [0.2, 0.25) is 5.89 Å². The Kier molecular flexibility index (Phi) is 3.70. The Morgan fingerprint density at radius 2 is 2.48 bits per heavy atom. The van der Waals surface area contributed by atoms with Gasteiger partial charge >= 0.3 is 0 Å². The summed E-state index contributed by atoms with van der Waals surface area (Å²) in [5.74, 6) is 1.09. The molecule has 1 fully saturated rings. The van der Waals surface area contributed by atoms with E-state index in [2.05, 4.69) is 25.2 Å². The number of carbonyl (C=O) groups excluding carboxylic acids is 1. The molecule has 0 aromatic carbocycles. The van der Waals surface area contributed by atoms with Gasteiger partial charge in [-0.3, -0.25) is 14.8 Å². The molecule has 1 aliphatic heterocycles. The number of nitrogens with two attached hydrogens (primary N) is 1. The Labute approximate surface area is 121 Å². The lowest BCUT2D eigenvalue weighted by Crippen LogP contribution is -2.34. The summed E-state index contributed by atoms with van der Waals surface area (Å²) in [6.45, 7) is 4.32. The number of aromatic nitrogens is 4. The van der Waals surface area contributed by atoms with E-state index in [-0.39, 0.29) is 5.69 Å². The molecule has 0 aliphatic carbocycles. The van der Waals surface area contributed by atoms with Crippen LogP contribution in [0.25, 0.3) is 0 Å². The van der Waals surface area contributed by atoms with Crippen LogP contribution in [0.5, 0.6) is 0 Å². The number of nitrogens with zero attached hydrogens (tertiary/aromatic N) is 4. The second kappa shape index (κ2) is 5.65. The van der Waals surface area contributed by atoms with Gasteiger partial charge in [-0.05, 0) is 25.5 Å². The maximum atomic E-state index is 11.1. The molecule has 0 radical (unpaired) electrons. The third kappa shape index (κ3) is 3.10. The first kappa shape index (κ1) is 13.7. The molecule has 21 heavy (non-hydrogen) atoms. The largest absolute Gasteiger partial charge is 0.364 e. The van der Waals surface area contributed by atoms with E-state index in [1.807, 2.05) is 0 Å². The normalized spacial score (nSPS) is 19.8. The van der Waals surface area contributed by atoms with E-state index in [9.17, 15) is 4.79 Å². The van der Waals surface area contributed by atoms with Gasteiger partial charge < -0.3 is 10.3 Å². The number of aryl methyl sites for hydroxylation is 1. The van der Waals surface area contributed by atoms with Gasteiger partial charge in [-0.25, -0.2) is 0 Å². The highest BCUT2D eigenvalue weighted by molar-refractivity contribution is 5.90. The number of aromatic amines is 1. The molecule has 1 amide bonds. The molecule has 0 bridgehead atoms. The van der Waals surface area contributed by atoms with Gasteiger partial charge in [-0.15, -0.1) is 0 Å². The van der Waals surface area contributed by atoms with Crippen LogP contribution >= 0.6 is 0 Å². The molecule has 1 saturated heterocycles. The number of rotatable bonds is 4. The van der Waals surface area contributed by atoms with Crippen molar-refractivity contribution in [2.24, 2.45) is 5.73 Å². The third-order valence-electron chi connectivity index (χ3n) is 3.73. The zero-order valence-electron chi connectivity index (χ0n) is 11.9. The van der Waals surface area contributed by atoms with Crippen LogP contribution in [0.4, 0.5) is 0 Å². The van der Waals surface area contributed by atoms with E-state index >= 15 is 0 Å². The fourth-order valence-corrected chi connectivity index (χ4v) is 2.73. The van der Waals surface area contributed by atoms with Crippen LogP contribution in [0.1, 0.15) is 46.7 Å². The Hall–Kier alpha value is -2.22. The SMILES string of the molecule is Cc1nc(CN2CCC[C@@H](c3cc(C(N)=O)n[nH]3)C2)no1. The minimum atomic E-state index is -0.507. The van der Waals surface area contributed by atoms with Crippen LogP contribution in [-0.4, -0.2) is 44.2 Å². The summed E-state index contributed by atoms with van der Waals surface area (Å²) in [4.78, 5) is 17.6. The number of carbonyl (C=O) groups is 1. The first-order chi connectivity index (χ1) is 10.1. The van der Waals surface area contributed by atoms with E-state index in [1.165, 1.54) is 0 Å². The smallest absolute Gasteiger partial charge is 0.269 e. The lowest BCUT2D eigenvalue weighted by molar-refractivity contribution is 0.0995. The number of H-pyrrole nitrogens is 1. The van der Waals surface area contributed by atoms with Crippen LogP contribution in [0.3, 0.4) is 0 Å². The van der Waals surface area contributed by atoms with E-state index in [1.54, 1.807) is 13.0 Å². The number of hydrogen-bond donors (Lipinski definition) is 2. The third-order valence-corrected chi connectivity index (χ3v) is 3.73. The first-order valence-electron chi connectivity index (χ1n) is 6.98. The lowest BCUT2D eigenvalue weighted by Gasteiger charge is -2.31. The fourth-order valence-electron chi connectivity index (χ4n) is 2.73. The molecule has 2 aromatic rings. The first-order valence-corrected chi connectivity index (χ1v) is 6.98. The van der Waals surface area contributed by atoms with Gasteiger partial charge in [-0.2, -0.15) is 10.1 Å². The zero-order chi connectivity index (χ0) is 14.8. The molecule has 0 saturated carbocycles. The standard InChI is InChI=1S/C13H18N6O2/c1-8-15-12(18-21-8)7-19-4-2-3-9(6-19)10-5-11(13(14)20)17-16-10/h5,9H,2-4,6-7H2,1H3,(H2,14,20)(H,16,17)/t9-/m1/s1. The van der Waals surface area contributed by atoms with Crippen molar-refractivity contribution in [3.63, 3.8) is 0 Å². The Morgan fingerprint density at radius 3 is 3.14 bits per heavy atom. The summed E-state index contributed by atoms with van der Waals surface area (Å²) in [7, 11) is 0. The van der Waals surface area contributed by atoms with Crippen molar-refractivity contribution in [3.8, 4) is 0 Å². The van der Waals surface area contributed by atoms with Crippen LogP contribution < -0.4 is 5.73 Å². The van der Waals surface area contributed by atoms with Crippen LogP contribution in [-0.2, 0) is 6.54 Å². The monoisotopic (exact) mass is 290 g/mol. The van der Waals surface area contributed by atoms with Crippen LogP contribution in [0.15, 0.2) is 10.6 Å². The van der Waals surface area contributed by atoms with Crippen molar-refractivity contribution in [1.82, 2.24) is 25.2 Å². The number of nitrogens with one attached hydrogen (secondary N) is 1. The van der Waals surface area contributed by atoms with E-state index in [0.717, 1.165) is 31.6 Å². The number of primary amides is 1. The van der Waals surface area contributed by atoms with Crippen LogP contribution in [0, 0.1) is 6.92 Å². The zero-order valence-corrected chi connectivity index (χ0v) is 11.9. The predicted octanol–water partition coefficient (Wildman–Crippen LogP) is 0.580. The molecule has 0 spiro atoms. The Bertz CT molecular complexity index is 634. The number of piperidine rings is 1. The van der Waals surface area contributed by atoms with Gasteiger partial charge in [-0.1, -0.05) is 5.16 Å². The molecule has 112 valence electrons. The van der Waals surface area contributed by atoms with E-state index < -0.39 is 5.91 Å². The van der Waals surface area contributed by atoms with Crippen molar-refractivity contribution in [2.75, 3.05) is 13.1 Å². The highest BCUT2D eigenvalue weighted by Crippen LogP contribution is 2.26. The molecule has 8 nitrogen and oxygen atoms in total. The minimum absolute atomic E-state index is 0.288. The highest BCUT2D eigenvalue weighted by Gasteiger charge is 2.24. The summed E-state index contributed by atoms with van der Waals surface area (Å²) in [6, 6.07) is 1.75. The topological polar surface area (TPSA) is 114 Å². The molecule has 3 N–H and O–H groups in total. The van der Waals surface area contributed by atoms with Crippen molar-refractivity contribution in [3.05, 3.63) is 29.2 Å². The summed E-state index contributed by atoms with van der Waals surface area (Å²) in [5.41, 5.74) is 6.47. The summed E-state index contributed by atoms with van der Waals surface area (Å²) in [5, 5.41) is 10.8. The average Bonchev–Trinajstić information content (AvgIpc) is 3.08. The maximum absolute atomic E-state index is 11.1. The van der Waals surface area contributed by atoms with Gasteiger partial charge in [0.25, 0.3) is 5.91 Å². The number of amides is 1. The maximum Gasteiger partial charge on any atom is 0.269 e. The molecular formula is C13H18N6O2. The van der Waals surface area contributed by atoms with Gasteiger partial charge in [0.15, 0.2) is 5.82 Å². The summed E-state index contributed by atoms with van der Waals surface area (Å²) >= 11 is 0. The molecule has 0 unspecified atom stereocenters. The summed E-state index contributed by atoms with van der Waals surface area (Å²) in [6.07, 6.45) is 2.13. The minimum Gasteiger partial charge on any atom is -0.364 e. The van der Waals surface area contributed by atoms with Gasteiger partial charge in [0, 0.05) is 25.1 Å². The second-order valence-corrected chi connectivity index (χ2v) is 5.38. The Morgan fingerprint density at radius 1 is 1.62 bits per heavy atom. The predicted molar refractivity (Wildman–Crippen MR) is 73.4 cm³/mol. The number of likely N-dealkylation sites (tertiary alicyclic amines) is 1. The molecular weight excluding hydrogens is 272 g/mol. The Balaban J connectivity index is 1.66. The van der Waals surface area contributed by atoms with Crippen molar-refractivity contribution >= 4 is 5.91 Å². The number of hydrogen-bond acceptors (Lipinski definition) is 6. The molecule has 3 rings (SSSR count). The van der Waals surface area contributed by atoms with Crippen LogP contribution in [0.2, 0.25) is 0 Å². The van der Waals surface area contributed by atoms with E-state index in [4.69, 9.17) is 10.3 Å². The van der Waals surface area contributed by atoms with Gasteiger partial charge in [0.05, 0.1) is 6.54 Å². The lowest BCUT2D eigenvalue weighted by atomic mass is 9.94. The van der Waals surface area contributed by atoms with E-state index in [0.29, 0.717) is 24.2 Å². The van der Waals surface area contributed by atoms with Crippen molar-refractivity contribution in [2.45, 2.75) is 32.2 Å². The highest BCUT2D eigenvalue weighted by atomic mass is 16.5. The summed E-state index contributed by atoms with van der Waals surface area (Å²) < 4.78 is 4.99. The molecule has 1 aliphatic rings. The molecule has 8 heteroatoms. The molecule has 2 aromatic heterocycles.